The molecule has 22 heavy (non-hydrogen) atoms. The molecule has 0 saturated heterocycles. The molecule has 0 fully saturated rings. The van der Waals surface area contributed by atoms with Crippen LogP contribution in [0.3, 0.4) is 0 Å². The second kappa shape index (κ2) is 6.69. The van der Waals surface area contributed by atoms with Gasteiger partial charge in [0.2, 0.25) is 0 Å². The first kappa shape index (κ1) is 18.5. The van der Waals surface area contributed by atoms with Crippen LogP contribution < -0.4 is 5.32 Å². The first-order valence-electron chi connectivity index (χ1n) is 7.72. The van der Waals surface area contributed by atoms with Gasteiger partial charge >= 0.3 is 5.97 Å². The smallest absolute Gasteiger partial charge is 0.304 e. The summed E-state index contributed by atoms with van der Waals surface area (Å²) >= 11 is 0. The van der Waals surface area contributed by atoms with Gasteiger partial charge in [-0.2, -0.15) is 0 Å². The van der Waals surface area contributed by atoms with Gasteiger partial charge in [0.15, 0.2) is 0 Å². The molecule has 4 heteroatoms. The van der Waals surface area contributed by atoms with Crippen molar-refractivity contribution in [1.82, 2.24) is 5.32 Å². The predicted octanol–water partition coefficient (Wildman–Crippen LogP) is 3.55. The molecule has 0 amide bonds. The first-order valence-corrected chi connectivity index (χ1v) is 7.72. The topological polar surface area (TPSA) is 69.6 Å². The largest absolute Gasteiger partial charge is 0.508 e. The maximum absolute atomic E-state index is 10.6. The van der Waals surface area contributed by atoms with Crippen molar-refractivity contribution in [1.29, 1.82) is 0 Å². The highest BCUT2D eigenvalue weighted by atomic mass is 16.4. The van der Waals surface area contributed by atoms with Gasteiger partial charge in [0.1, 0.15) is 5.75 Å². The Balaban J connectivity index is 3.12. The number of hydrogen-bond acceptors (Lipinski definition) is 3. The quantitative estimate of drug-likeness (QED) is 0.728. The van der Waals surface area contributed by atoms with E-state index in [9.17, 15) is 9.90 Å². The SMILES string of the molecule is CC(C)(C)c1cc(O)c(CNCCC(=O)O)c(C(C)(C)C)c1. The van der Waals surface area contributed by atoms with Crippen molar-refractivity contribution in [3.05, 3.63) is 28.8 Å². The Kier molecular flexibility index (Phi) is 5.63. The monoisotopic (exact) mass is 307 g/mol. The lowest BCUT2D eigenvalue weighted by atomic mass is 9.78. The van der Waals surface area contributed by atoms with Crippen LogP contribution in [-0.4, -0.2) is 22.7 Å². The van der Waals surface area contributed by atoms with Gasteiger partial charge in [-0.15, -0.1) is 0 Å². The third-order valence-corrected chi connectivity index (χ3v) is 3.72. The van der Waals surface area contributed by atoms with Crippen LogP contribution in [0.4, 0.5) is 0 Å². The van der Waals surface area contributed by atoms with Gasteiger partial charge in [-0.3, -0.25) is 4.79 Å². The molecule has 4 nitrogen and oxygen atoms in total. The number of phenolic OH excluding ortho intramolecular Hbond substituents is 1. The van der Waals surface area contributed by atoms with Crippen molar-refractivity contribution in [2.24, 2.45) is 0 Å². The fraction of sp³-hybridized carbons (Fsp3) is 0.611. The predicted molar refractivity (Wildman–Crippen MR) is 89.5 cm³/mol. The highest BCUT2D eigenvalue weighted by Crippen LogP contribution is 2.36. The van der Waals surface area contributed by atoms with Crippen LogP contribution in [0, 0.1) is 0 Å². The molecule has 0 aliphatic rings. The minimum absolute atomic E-state index is 0.0350. The van der Waals surface area contributed by atoms with E-state index in [4.69, 9.17) is 5.11 Å². The van der Waals surface area contributed by atoms with E-state index in [1.165, 1.54) is 0 Å². The maximum atomic E-state index is 10.6. The average Bonchev–Trinajstić information content (AvgIpc) is 2.32. The Labute approximate surface area is 133 Å². The molecule has 1 aromatic rings. The second-order valence-corrected chi connectivity index (χ2v) is 7.84. The van der Waals surface area contributed by atoms with Crippen molar-refractivity contribution >= 4 is 5.97 Å². The molecule has 0 radical (unpaired) electrons. The van der Waals surface area contributed by atoms with Crippen LogP contribution in [0.15, 0.2) is 12.1 Å². The van der Waals surface area contributed by atoms with Gasteiger partial charge in [0, 0.05) is 18.7 Å². The van der Waals surface area contributed by atoms with Crippen LogP contribution in [0.1, 0.15) is 64.7 Å². The number of carbonyl (C=O) groups is 1. The summed E-state index contributed by atoms with van der Waals surface area (Å²) in [5, 5.41) is 22.2. The number of phenols is 1. The molecule has 0 atom stereocenters. The van der Waals surface area contributed by atoms with Crippen molar-refractivity contribution in [2.75, 3.05) is 6.54 Å². The van der Waals surface area contributed by atoms with E-state index < -0.39 is 5.97 Å². The van der Waals surface area contributed by atoms with Crippen LogP contribution in [0.25, 0.3) is 0 Å². The summed E-state index contributed by atoms with van der Waals surface area (Å²) in [4.78, 5) is 10.6. The molecule has 0 heterocycles. The Bertz CT molecular complexity index is 536. The summed E-state index contributed by atoms with van der Waals surface area (Å²) in [5.74, 6) is -0.545. The zero-order valence-electron chi connectivity index (χ0n) is 14.6. The van der Waals surface area contributed by atoms with Gasteiger partial charge in [0.05, 0.1) is 6.42 Å². The average molecular weight is 307 g/mol. The van der Waals surface area contributed by atoms with E-state index in [2.05, 4.69) is 52.9 Å². The van der Waals surface area contributed by atoms with Crippen molar-refractivity contribution in [3.8, 4) is 5.75 Å². The summed E-state index contributed by atoms with van der Waals surface area (Å²) in [7, 11) is 0. The Morgan fingerprint density at radius 3 is 2.14 bits per heavy atom. The molecule has 3 N–H and O–H groups in total. The molecule has 0 aliphatic carbocycles. The lowest BCUT2D eigenvalue weighted by Crippen LogP contribution is -2.23. The number of nitrogens with one attached hydrogen (secondary N) is 1. The third-order valence-electron chi connectivity index (χ3n) is 3.72. The first-order chi connectivity index (χ1) is 9.93. The molecule has 0 aliphatic heterocycles. The fourth-order valence-corrected chi connectivity index (χ4v) is 2.35. The summed E-state index contributed by atoms with van der Waals surface area (Å²) in [5.41, 5.74) is 2.92. The van der Waals surface area contributed by atoms with Gasteiger partial charge < -0.3 is 15.5 Å². The van der Waals surface area contributed by atoms with E-state index >= 15 is 0 Å². The summed E-state index contributed by atoms with van der Waals surface area (Å²) < 4.78 is 0. The molecule has 0 unspecified atom stereocenters. The normalized spacial score (nSPS) is 12.5. The number of aromatic hydroxyl groups is 1. The molecule has 1 rings (SSSR count). The van der Waals surface area contributed by atoms with Crippen LogP contribution in [0.2, 0.25) is 0 Å². The summed E-state index contributed by atoms with van der Waals surface area (Å²) in [6.45, 7) is 13.6. The molecule has 124 valence electrons. The second-order valence-electron chi connectivity index (χ2n) is 7.84. The van der Waals surface area contributed by atoms with E-state index in [1.807, 2.05) is 6.07 Å². The number of carboxylic acid groups (broad SMARTS) is 1. The van der Waals surface area contributed by atoms with Gasteiger partial charge in [0.25, 0.3) is 0 Å². The number of aliphatic carboxylic acids is 1. The lowest BCUT2D eigenvalue weighted by molar-refractivity contribution is -0.136. The molecule has 0 bridgehead atoms. The molecular weight excluding hydrogens is 278 g/mol. The third kappa shape index (κ3) is 5.02. The molecular formula is C18H29NO3. The summed E-state index contributed by atoms with van der Waals surface area (Å²) in [6, 6.07) is 3.98. The Morgan fingerprint density at radius 1 is 1.09 bits per heavy atom. The molecule has 0 saturated carbocycles. The minimum atomic E-state index is -0.823. The molecule has 1 aromatic carbocycles. The van der Waals surface area contributed by atoms with E-state index in [0.29, 0.717) is 13.1 Å². The van der Waals surface area contributed by atoms with Crippen molar-refractivity contribution < 1.29 is 15.0 Å². The fourth-order valence-electron chi connectivity index (χ4n) is 2.35. The summed E-state index contributed by atoms with van der Waals surface area (Å²) in [6.07, 6.45) is 0.0751. The zero-order valence-corrected chi connectivity index (χ0v) is 14.6. The maximum Gasteiger partial charge on any atom is 0.304 e. The number of carboxylic acids is 1. The highest BCUT2D eigenvalue weighted by Gasteiger charge is 2.24. The van der Waals surface area contributed by atoms with Gasteiger partial charge in [-0.05, 0) is 28.0 Å². The van der Waals surface area contributed by atoms with E-state index in [-0.39, 0.29) is 23.0 Å². The number of hydrogen-bond donors (Lipinski definition) is 3. The highest BCUT2D eigenvalue weighted by molar-refractivity contribution is 5.66. The van der Waals surface area contributed by atoms with Crippen molar-refractivity contribution in [3.63, 3.8) is 0 Å². The minimum Gasteiger partial charge on any atom is -0.508 e. The number of rotatable bonds is 5. The Morgan fingerprint density at radius 2 is 1.68 bits per heavy atom. The molecule has 0 aromatic heterocycles. The Hall–Kier alpha value is -1.55. The van der Waals surface area contributed by atoms with E-state index in [1.54, 1.807) is 0 Å². The van der Waals surface area contributed by atoms with Gasteiger partial charge in [-0.25, -0.2) is 0 Å². The molecule has 0 spiro atoms. The van der Waals surface area contributed by atoms with Crippen LogP contribution in [-0.2, 0) is 22.2 Å². The van der Waals surface area contributed by atoms with Crippen LogP contribution >= 0.6 is 0 Å². The van der Waals surface area contributed by atoms with Crippen LogP contribution in [0.5, 0.6) is 5.75 Å². The standard InChI is InChI=1S/C18H29NO3/c1-17(2,3)12-9-14(18(4,5)6)13(15(20)10-12)11-19-8-7-16(21)22/h9-10,19-20H,7-8,11H2,1-6H3,(H,21,22). The number of benzene rings is 1. The van der Waals surface area contributed by atoms with E-state index in [0.717, 1.165) is 16.7 Å². The lowest BCUT2D eigenvalue weighted by Gasteiger charge is -2.28. The zero-order chi connectivity index (χ0) is 17.1. The van der Waals surface area contributed by atoms with Gasteiger partial charge in [-0.1, -0.05) is 47.6 Å². The van der Waals surface area contributed by atoms with Crippen molar-refractivity contribution in [2.45, 2.75) is 65.3 Å².